The van der Waals surface area contributed by atoms with Crippen LogP contribution < -0.4 is 0 Å². The second-order valence-electron chi connectivity index (χ2n) is 9.62. The average Bonchev–Trinajstić information content (AvgIpc) is 2.77. The van der Waals surface area contributed by atoms with E-state index in [1.807, 2.05) is 19.1 Å². The number of ether oxygens (including phenoxy) is 1. The molecule has 1 N–H and O–H groups in total. The van der Waals surface area contributed by atoms with Crippen LogP contribution in [-0.2, 0) is 33.3 Å². The Morgan fingerprint density at radius 3 is 2.17 bits per heavy atom. The van der Waals surface area contributed by atoms with Crippen LogP contribution in [0.4, 0.5) is 13.2 Å². The minimum atomic E-state index is -4.76. The second-order valence-corrected chi connectivity index (χ2v) is 11.5. The molecular weight excluding hydrogens is 481 g/mol. The van der Waals surface area contributed by atoms with Gasteiger partial charge in [0.05, 0.1) is 31.6 Å². The fourth-order valence-corrected chi connectivity index (χ4v) is 6.45. The molecule has 0 radical (unpaired) electrons. The molecule has 3 unspecified atom stereocenters. The van der Waals surface area contributed by atoms with Crippen LogP contribution in [-0.4, -0.2) is 73.5 Å². The topological polar surface area (TPSA) is 70.1 Å². The first-order chi connectivity index (χ1) is 16.3. The molecule has 0 aliphatic carbocycles. The van der Waals surface area contributed by atoms with E-state index < -0.39 is 21.8 Å². The Morgan fingerprint density at radius 2 is 1.66 bits per heavy atom. The molecule has 192 valence electrons. The number of halogens is 3. The summed E-state index contributed by atoms with van der Waals surface area (Å²) in [5.41, 5.74) is 0.759. The lowest BCUT2D eigenvalue weighted by Crippen LogP contribution is -2.65. The summed E-state index contributed by atoms with van der Waals surface area (Å²) < 4.78 is 71.1. The van der Waals surface area contributed by atoms with Crippen molar-refractivity contribution in [1.82, 2.24) is 9.21 Å². The third-order valence-electron chi connectivity index (χ3n) is 6.93. The van der Waals surface area contributed by atoms with E-state index in [9.17, 15) is 26.7 Å². The molecule has 2 aromatic carbocycles. The lowest BCUT2D eigenvalue weighted by atomic mass is 9.91. The molecule has 2 aliphatic rings. The van der Waals surface area contributed by atoms with Crippen LogP contribution in [0, 0.1) is 0 Å². The zero-order valence-corrected chi connectivity index (χ0v) is 20.9. The molecule has 2 saturated heterocycles. The zero-order chi connectivity index (χ0) is 25.6. The predicted molar refractivity (Wildman–Crippen MR) is 127 cm³/mol. The number of nitrogens with zero attached hydrogens (tertiary/aromatic N) is 2. The first-order valence-corrected chi connectivity index (χ1v) is 13.5. The maximum Gasteiger partial charge on any atom is 0.421 e. The highest BCUT2D eigenvalue weighted by molar-refractivity contribution is 7.88. The molecule has 2 aromatic rings. The summed E-state index contributed by atoms with van der Waals surface area (Å²) in [6.07, 6.45) is -2.77. The van der Waals surface area contributed by atoms with Crippen molar-refractivity contribution in [3.63, 3.8) is 0 Å². The van der Waals surface area contributed by atoms with Crippen molar-refractivity contribution in [2.75, 3.05) is 32.6 Å². The quantitative estimate of drug-likeness (QED) is 0.642. The number of aryl methyl sites for hydroxylation is 1. The normalized spacial score (nSPS) is 23.7. The van der Waals surface area contributed by atoms with Gasteiger partial charge >= 0.3 is 6.18 Å². The van der Waals surface area contributed by atoms with E-state index in [4.69, 9.17) is 4.74 Å². The molecule has 2 heterocycles. The summed E-state index contributed by atoms with van der Waals surface area (Å²) in [7, 11) is -3.30. The number of fused-ring (bicyclic) bond motifs is 2. The van der Waals surface area contributed by atoms with Gasteiger partial charge in [-0.2, -0.15) is 17.5 Å². The van der Waals surface area contributed by atoms with E-state index in [1.165, 1.54) is 18.4 Å². The summed E-state index contributed by atoms with van der Waals surface area (Å²) >= 11 is 0. The number of rotatable bonds is 6. The van der Waals surface area contributed by atoms with Gasteiger partial charge in [-0.3, -0.25) is 4.90 Å². The monoisotopic (exact) mass is 512 g/mol. The van der Waals surface area contributed by atoms with Crippen LogP contribution in [0.1, 0.15) is 30.5 Å². The van der Waals surface area contributed by atoms with E-state index in [2.05, 4.69) is 11.0 Å². The summed E-state index contributed by atoms with van der Waals surface area (Å²) in [4.78, 5) is 2.25. The van der Waals surface area contributed by atoms with Crippen LogP contribution in [0.15, 0.2) is 42.5 Å². The molecule has 0 amide bonds. The Morgan fingerprint density at radius 1 is 1.06 bits per heavy atom. The van der Waals surface area contributed by atoms with E-state index in [0.717, 1.165) is 35.6 Å². The van der Waals surface area contributed by atoms with E-state index in [1.54, 1.807) is 16.4 Å². The van der Waals surface area contributed by atoms with Crippen molar-refractivity contribution in [3.05, 3.63) is 59.2 Å². The summed E-state index contributed by atoms with van der Waals surface area (Å²) in [6.45, 7) is 5.40. The van der Waals surface area contributed by atoms with Crippen molar-refractivity contribution in [2.45, 2.75) is 50.7 Å². The van der Waals surface area contributed by atoms with Crippen LogP contribution in [0.2, 0.25) is 0 Å². The van der Waals surface area contributed by atoms with Crippen molar-refractivity contribution in [3.8, 4) is 11.1 Å². The van der Waals surface area contributed by atoms with Gasteiger partial charge in [0, 0.05) is 19.6 Å². The molecule has 0 aromatic heterocycles. The highest BCUT2D eigenvalue weighted by Crippen LogP contribution is 2.39. The molecule has 2 fully saturated rings. The van der Waals surface area contributed by atoms with Gasteiger partial charge in [0.25, 0.3) is 0 Å². The third-order valence-corrected chi connectivity index (χ3v) is 8.29. The highest BCUT2D eigenvalue weighted by Gasteiger charge is 2.51. The van der Waals surface area contributed by atoms with Gasteiger partial charge in [0.1, 0.15) is 0 Å². The Kier molecular flexibility index (Phi) is 7.07. The average molecular weight is 513 g/mol. The van der Waals surface area contributed by atoms with Crippen LogP contribution >= 0.6 is 0 Å². The lowest BCUT2D eigenvalue weighted by molar-refractivity contribution is -0.258. The number of sulfonamides is 1. The van der Waals surface area contributed by atoms with E-state index >= 15 is 0 Å². The van der Waals surface area contributed by atoms with Gasteiger partial charge in [-0.05, 0) is 41.2 Å². The number of hydrogen-bond acceptors (Lipinski definition) is 5. The molecular formula is C25H31F3N2O4S. The molecule has 6 nitrogen and oxygen atoms in total. The highest BCUT2D eigenvalue weighted by atomic mass is 32.2. The standard InChI is InChI=1S/C25H31F3N2O4S/c1-4-18-11-17(12-29-13-21-15-34-16-22(14-29)30(21)35(3,32)33)5-10-23(18)19-6-8-20(9-7-19)24(2,31)25(26,27)28/h5-11,21-22,31H,4,12-16H2,1-3H3. The Labute approximate surface area is 204 Å². The molecule has 0 saturated carbocycles. The number of benzene rings is 2. The van der Waals surface area contributed by atoms with E-state index in [0.29, 0.717) is 32.8 Å². The molecule has 2 bridgehead atoms. The van der Waals surface area contributed by atoms with Crippen molar-refractivity contribution in [1.29, 1.82) is 0 Å². The van der Waals surface area contributed by atoms with Crippen molar-refractivity contribution >= 4 is 10.0 Å². The maximum atomic E-state index is 13.2. The number of alkyl halides is 3. The van der Waals surface area contributed by atoms with Gasteiger partial charge in [0.15, 0.2) is 5.60 Å². The SMILES string of the molecule is CCc1cc(CN2CC3COCC(C2)N3S(C)(=O)=O)ccc1-c1ccc(C(C)(O)C(F)(F)F)cc1. The Balaban J connectivity index is 1.52. The molecule has 35 heavy (non-hydrogen) atoms. The maximum absolute atomic E-state index is 13.2. The minimum Gasteiger partial charge on any atom is -0.378 e. The van der Waals surface area contributed by atoms with Gasteiger partial charge in [-0.15, -0.1) is 0 Å². The van der Waals surface area contributed by atoms with Crippen LogP contribution in [0.5, 0.6) is 0 Å². The van der Waals surface area contributed by atoms with Gasteiger partial charge < -0.3 is 9.84 Å². The first-order valence-electron chi connectivity index (χ1n) is 11.6. The molecule has 10 heteroatoms. The van der Waals surface area contributed by atoms with Crippen molar-refractivity contribution < 1.29 is 31.4 Å². The first kappa shape index (κ1) is 26.1. The Hall–Kier alpha value is -1.98. The summed E-state index contributed by atoms with van der Waals surface area (Å²) in [5, 5.41) is 9.92. The Bertz CT molecular complexity index is 1150. The van der Waals surface area contributed by atoms with Gasteiger partial charge in [0.2, 0.25) is 10.0 Å². The number of aliphatic hydroxyl groups is 1. The lowest BCUT2D eigenvalue weighted by Gasteiger charge is -2.48. The minimum absolute atomic E-state index is 0.199. The van der Waals surface area contributed by atoms with Crippen molar-refractivity contribution in [2.24, 2.45) is 0 Å². The molecule has 2 aliphatic heterocycles. The summed E-state index contributed by atoms with van der Waals surface area (Å²) in [6, 6.07) is 11.5. The zero-order valence-electron chi connectivity index (χ0n) is 20.0. The molecule has 3 atom stereocenters. The third kappa shape index (κ3) is 5.27. The number of piperazine rings is 1. The smallest absolute Gasteiger partial charge is 0.378 e. The summed E-state index contributed by atoms with van der Waals surface area (Å²) in [5.74, 6) is 0. The predicted octanol–water partition coefficient (Wildman–Crippen LogP) is 3.53. The van der Waals surface area contributed by atoms with Crippen LogP contribution in [0.3, 0.4) is 0 Å². The number of hydrogen-bond donors (Lipinski definition) is 1. The molecule has 0 spiro atoms. The van der Waals surface area contributed by atoms with Gasteiger partial charge in [-0.25, -0.2) is 8.42 Å². The second kappa shape index (κ2) is 9.48. The van der Waals surface area contributed by atoms with Gasteiger partial charge in [-0.1, -0.05) is 49.4 Å². The fourth-order valence-electron chi connectivity index (χ4n) is 5.11. The fraction of sp³-hybridized carbons (Fsp3) is 0.520. The number of morpholine rings is 1. The van der Waals surface area contributed by atoms with E-state index in [-0.39, 0.29) is 17.6 Å². The molecule has 4 rings (SSSR count). The largest absolute Gasteiger partial charge is 0.421 e. The van der Waals surface area contributed by atoms with Crippen LogP contribution in [0.25, 0.3) is 11.1 Å².